The van der Waals surface area contributed by atoms with Gasteiger partial charge in [-0.15, -0.1) is 10.2 Å². The molecule has 0 aliphatic carbocycles. The summed E-state index contributed by atoms with van der Waals surface area (Å²) in [5, 5.41) is 11.3. The zero-order valence-electron chi connectivity index (χ0n) is 19.7. The normalized spacial score (nSPS) is 15.1. The minimum atomic E-state index is -3.53. The minimum Gasteiger partial charge on any atom is -0.352 e. The maximum atomic E-state index is 13.3. The van der Waals surface area contributed by atoms with Crippen LogP contribution in [-0.2, 0) is 10.0 Å². The molecule has 0 amide bonds. The van der Waals surface area contributed by atoms with Crippen LogP contribution in [-0.4, -0.2) is 49.1 Å². The molecule has 1 aliphatic heterocycles. The molecule has 6 nitrogen and oxygen atoms in total. The zero-order valence-corrected chi connectivity index (χ0v) is 20.5. The average molecular weight is 473 g/mol. The van der Waals surface area contributed by atoms with Crippen molar-refractivity contribution >= 4 is 26.6 Å². The highest BCUT2D eigenvalue weighted by Gasteiger charge is 2.30. The van der Waals surface area contributed by atoms with E-state index in [4.69, 9.17) is 0 Å². The van der Waals surface area contributed by atoms with E-state index >= 15 is 0 Å². The Morgan fingerprint density at radius 2 is 1.41 bits per heavy atom. The van der Waals surface area contributed by atoms with Gasteiger partial charge in [0.25, 0.3) is 0 Å². The summed E-state index contributed by atoms with van der Waals surface area (Å²) in [5.41, 5.74) is 4.73. The quantitative estimate of drug-likeness (QED) is 0.430. The average Bonchev–Trinajstić information content (AvgIpc) is 2.86. The number of aromatic nitrogens is 2. The first kappa shape index (κ1) is 22.5. The second-order valence-corrected chi connectivity index (χ2v) is 10.8. The summed E-state index contributed by atoms with van der Waals surface area (Å²) in [4.78, 5) is 2.50. The predicted octanol–water partition coefficient (Wildman–Crippen LogP) is 4.73. The van der Waals surface area contributed by atoms with Crippen LogP contribution in [0, 0.1) is 20.8 Å². The molecule has 0 unspecified atom stereocenters. The number of nitrogens with zero attached hydrogens (tertiary/aromatic N) is 4. The third-order valence-corrected chi connectivity index (χ3v) is 8.71. The first-order valence-electron chi connectivity index (χ1n) is 11.5. The summed E-state index contributed by atoms with van der Waals surface area (Å²) >= 11 is 0. The molecule has 1 aromatic heterocycles. The van der Waals surface area contributed by atoms with Gasteiger partial charge in [-0.2, -0.15) is 4.31 Å². The Morgan fingerprint density at radius 1 is 0.706 bits per heavy atom. The molecule has 4 aromatic rings. The molecule has 1 aliphatic rings. The summed E-state index contributed by atoms with van der Waals surface area (Å²) in [6.07, 6.45) is 0. The number of rotatable bonds is 4. The van der Waals surface area contributed by atoms with Gasteiger partial charge in [-0.25, -0.2) is 8.42 Å². The van der Waals surface area contributed by atoms with E-state index in [1.165, 1.54) is 10.8 Å². The van der Waals surface area contributed by atoms with E-state index < -0.39 is 10.0 Å². The van der Waals surface area contributed by atoms with Crippen molar-refractivity contribution in [3.05, 3.63) is 83.4 Å². The van der Waals surface area contributed by atoms with Gasteiger partial charge in [-0.3, -0.25) is 0 Å². The van der Waals surface area contributed by atoms with E-state index in [2.05, 4.69) is 45.4 Å². The van der Waals surface area contributed by atoms with Gasteiger partial charge in [-0.05, 0) is 72.5 Å². The van der Waals surface area contributed by atoms with Crippen molar-refractivity contribution in [3.63, 3.8) is 0 Å². The van der Waals surface area contributed by atoms with E-state index in [9.17, 15) is 8.42 Å². The molecule has 0 saturated carbocycles. The van der Waals surface area contributed by atoms with Gasteiger partial charge in [-0.1, -0.05) is 42.5 Å². The number of fused-ring (bicyclic) bond motifs is 1. The summed E-state index contributed by atoms with van der Waals surface area (Å²) in [6.45, 7) is 7.81. The molecule has 5 rings (SSSR count). The molecule has 0 atom stereocenters. The summed E-state index contributed by atoms with van der Waals surface area (Å²) in [6, 6.07) is 22.2. The van der Waals surface area contributed by atoms with Gasteiger partial charge in [0.1, 0.15) is 0 Å². The number of anilines is 1. The van der Waals surface area contributed by atoms with Crippen LogP contribution in [0.3, 0.4) is 0 Å². The number of hydrogen-bond donors (Lipinski definition) is 0. The second-order valence-electron chi connectivity index (χ2n) is 8.93. The van der Waals surface area contributed by atoms with Crippen LogP contribution in [0.4, 0.5) is 5.82 Å². The Bertz CT molecular complexity index is 1460. The van der Waals surface area contributed by atoms with Gasteiger partial charge < -0.3 is 4.90 Å². The van der Waals surface area contributed by atoms with Crippen molar-refractivity contribution in [2.45, 2.75) is 25.7 Å². The van der Waals surface area contributed by atoms with Crippen LogP contribution in [0.15, 0.2) is 71.6 Å². The first-order chi connectivity index (χ1) is 16.3. The highest BCUT2D eigenvalue weighted by Crippen LogP contribution is 2.26. The molecule has 2 heterocycles. The lowest BCUT2D eigenvalue weighted by atomic mass is 10.1. The van der Waals surface area contributed by atoms with Gasteiger partial charge in [0.15, 0.2) is 5.82 Å². The fourth-order valence-corrected chi connectivity index (χ4v) is 6.22. The molecule has 1 saturated heterocycles. The maximum Gasteiger partial charge on any atom is 0.243 e. The van der Waals surface area contributed by atoms with Gasteiger partial charge in [0, 0.05) is 31.7 Å². The Balaban J connectivity index is 1.29. The van der Waals surface area contributed by atoms with Crippen LogP contribution in [0.25, 0.3) is 22.0 Å². The van der Waals surface area contributed by atoms with Crippen molar-refractivity contribution in [3.8, 4) is 11.3 Å². The minimum absolute atomic E-state index is 0.406. The number of piperazine rings is 1. The molecule has 34 heavy (non-hydrogen) atoms. The summed E-state index contributed by atoms with van der Waals surface area (Å²) < 4.78 is 28.2. The molecule has 0 bridgehead atoms. The largest absolute Gasteiger partial charge is 0.352 e. The van der Waals surface area contributed by atoms with Crippen LogP contribution in [0.5, 0.6) is 0 Å². The van der Waals surface area contributed by atoms with Crippen LogP contribution in [0.2, 0.25) is 0 Å². The van der Waals surface area contributed by atoms with Gasteiger partial charge >= 0.3 is 0 Å². The Morgan fingerprint density at radius 3 is 2.12 bits per heavy atom. The Labute approximate surface area is 200 Å². The third-order valence-electron chi connectivity index (χ3n) is 6.67. The molecule has 0 radical (unpaired) electrons. The SMILES string of the molecule is Cc1cc(C)c(S(=O)(=O)N2CCN(c3ccc(-c4ccc5ccccc5c4)nn3)CC2)cc1C. The fraction of sp³-hybridized carbons (Fsp3) is 0.259. The van der Waals surface area contributed by atoms with E-state index in [0.29, 0.717) is 31.1 Å². The second kappa shape index (κ2) is 8.81. The topological polar surface area (TPSA) is 66.4 Å². The van der Waals surface area contributed by atoms with Gasteiger partial charge in [0.05, 0.1) is 10.6 Å². The highest BCUT2D eigenvalue weighted by atomic mass is 32.2. The van der Waals surface area contributed by atoms with Crippen LogP contribution >= 0.6 is 0 Å². The Hall–Kier alpha value is -3.29. The zero-order chi connectivity index (χ0) is 23.9. The van der Waals surface area contributed by atoms with E-state index in [1.54, 1.807) is 10.4 Å². The van der Waals surface area contributed by atoms with Crippen LogP contribution < -0.4 is 4.90 Å². The first-order valence-corrected chi connectivity index (χ1v) is 12.9. The Kier molecular flexibility index (Phi) is 5.83. The lowest BCUT2D eigenvalue weighted by molar-refractivity contribution is 0.383. The standard InChI is InChI=1S/C27H28N4O2S/c1-19-16-21(3)26(17-20(19)2)34(32,33)31-14-12-30(13-15-31)27-11-10-25(28-29-27)24-9-8-22-6-4-5-7-23(22)18-24/h4-11,16-18H,12-15H2,1-3H3. The van der Waals surface area contributed by atoms with E-state index in [-0.39, 0.29) is 0 Å². The van der Waals surface area contributed by atoms with E-state index in [0.717, 1.165) is 33.8 Å². The van der Waals surface area contributed by atoms with Crippen molar-refractivity contribution in [1.82, 2.24) is 14.5 Å². The van der Waals surface area contributed by atoms with Crippen molar-refractivity contribution in [2.24, 2.45) is 0 Å². The lowest BCUT2D eigenvalue weighted by Crippen LogP contribution is -2.49. The number of hydrogen-bond acceptors (Lipinski definition) is 5. The number of aryl methyl sites for hydroxylation is 3. The molecule has 0 N–H and O–H groups in total. The molecule has 7 heteroatoms. The summed E-state index contributed by atoms with van der Waals surface area (Å²) in [7, 11) is -3.53. The number of sulfonamides is 1. The van der Waals surface area contributed by atoms with Crippen molar-refractivity contribution < 1.29 is 8.42 Å². The lowest BCUT2D eigenvalue weighted by Gasteiger charge is -2.34. The molecule has 1 fully saturated rings. The molecular weight excluding hydrogens is 444 g/mol. The van der Waals surface area contributed by atoms with Crippen molar-refractivity contribution in [2.75, 3.05) is 31.1 Å². The monoisotopic (exact) mass is 472 g/mol. The van der Waals surface area contributed by atoms with Crippen molar-refractivity contribution in [1.29, 1.82) is 0 Å². The van der Waals surface area contributed by atoms with E-state index in [1.807, 2.05) is 51.1 Å². The molecule has 0 spiro atoms. The molecular formula is C27H28N4O2S. The third kappa shape index (κ3) is 4.17. The number of benzene rings is 3. The fourth-order valence-electron chi connectivity index (χ4n) is 4.51. The summed E-state index contributed by atoms with van der Waals surface area (Å²) in [5.74, 6) is 0.768. The highest BCUT2D eigenvalue weighted by molar-refractivity contribution is 7.89. The van der Waals surface area contributed by atoms with Gasteiger partial charge in [0.2, 0.25) is 10.0 Å². The molecule has 174 valence electrons. The van der Waals surface area contributed by atoms with Crippen LogP contribution in [0.1, 0.15) is 16.7 Å². The molecule has 3 aromatic carbocycles. The maximum absolute atomic E-state index is 13.3. The predicted molar refractivity (Wildman–Crippen MR) is 137 cm³/mol. The smallest absolute Gasteiger partial charge is 0.243 e.